The summed E-state index contributed by atoms with van der Waals surface area (Å²) in [7, 11) is 2.08. The molecule has 1 N–H and O–H groups in total. The highest BCUT2D eigenvalue weighted by molar-refractivity contribution is 5.92. The fourth-order valence-electron chi connectivity index (χ4n) is 2.45. The number of carbonyl (C=O) groups is 1. The number of nitrogens with one attached hydrogen (secondary N) is 1. The smallest absolute Gasteiger partial charge is 0.228 e. The summed E-state index contributed by atoms with van der Waals surface area (Å²) in [5, 5.41) is 3.02. The van der Waals surface area contributed by atoms with Gasteiger partial charge in [-0.25, -0.2) is 0 Å². The third kappa shape index (κ3) is 3.33. The highest BCUT2D eigenvalue weighted by Gasteiger charge is 2.23. The second kappa shape index (κ2) is 6.01. The molecule has 0 saturated carbocycles. The van der Waals surface area contributed by atoms with Crippen LogP contribution in [0.15, 0.2) is 24.3 Å². The zero-order valence-corrected chi connectivity index (χ0v) is 11.3. The SMILES string of the molecule is CCc1ccc(NC(=O)[C@@H]2CCCN(C)C2)cc1. The molecule has 3 heteroatoms. The molecule has 0 bridgehead atoms. The minimum atomic E-state index is 0.134. The lowest BCUT2D eigenvalue weighted by molar-refractivity contribution is -0.121. The van der Waals surface area contributed by atoms with E-state index in [9.17, 15) is 4.79 Å². The number of hydrogen-bond donors (Lipinski definition) is 1. The van der Waals surface area contributed by atoms with Crippen LogP contribution in [0.2, 0.25) is 0 Å². The second-order valence-electron chi connectivity index (χ2n) is 5.14. The molecule has 0 aromatic heterocycles. The van der Waals surface area contributed by atoms with Crippen molar-refractivity contribution in [3.8, 4) is 0 Å². The average Bonchev–Trinajstić information content (AvgIpc) is 2.39. The van der Waals surface area contributed by atoms with Gasteiger partial charge >= 0.3 is 0 Å². The van der Waals surface area contributed by atoms with Gasteiger partial charge in [-0.15, -0.1) is 0 Å². The summed E-state index contributed by atoms with van der Waals surface area (Å²) in [4.78, 5) is 14.4. The lowest BCUT2D eigenvalue weighted by Crippen LogP contribution is -2.38. The lowest BCUT2D eigenvalue weighted by atomic mass is 9.97. The minimum absolute atomic E-state index is 0.134. The van der Waals surface area contributed by atoms with Gasteiger partial charge in [-0.1, -0.05) is 19.1 Å². The van der Waals surface area contributed by atoms with E-state index >= 15 is 0 Å². The monoisotopic (exact) mass is 246 g/mol. The maximum absolute atomic E-state index is 12.1. The number of amides is 1. The van der Waals surface area contributed by atoms with Gasteiger partial charge in [0.15, 0.2) is 0 Å². The first kappa shape index (κ1) is 13.1. The van der Waals surface area contributed by atoms with Crippen molar-refractivity contribution in [1.29, 1.82) is 0 Å². The zero-order valence-electron chi connectivity index (χ0n) is 11.3. The quantitative estimate of drug-likeness (QED) is 0.889. The van der Waals surface area contributed by atoms with Gasteiger partial charge in [0.1, 0.15) is 0 Å². The molecule has 98 valence electrons. The van der Waals surface area contributed by atoms with E-state index in [2.05, 4.69) is 36.3 Å². The van der Waals surface area contributed by atoms with Gasteiger partial charge in [-0.3, -0.25) is 4.79 Å². The summed E-state index contributed by atoms with van der Waals surface area (Å²) in [6.45, 7) is 4.11. The largest absolute Gasteiger partial charge is 0.326 e. The summed E-state index contributed by atoms with van der Waals surface area (Å²) >= 11 is 0. The predicted molar refractivity (Wildman–Crippen MR) is 74.7 cm³/mol. The normalized spacial score (nSPS) is 20.7. The lowest BCUT2D eigenvalue weighted by Gasteiger charge is -2.28. The Morgan fingerprint density at radius 2 is 2.11 bits per heavy atom. The molecule has 2 rings (SSSR count). The van der Waals surface area contributed by atoms with Crippen LogP contribution in [-0.4, -0.2) is 30.9 Å². The first-order valence-corrected chi connectivity index (χ1v) is 6.77. The molecule has 1 saturated heterocycles. The Labute approximate surface area is 109 Å². The molecule has 1 fully saturated rings. The number of benzene rings is 1. The molecule has 18 heavy (non-hydrogen) atoms. The van der Waals surface area contributed by atoms with E-state index in [-0.39, 0.29) is 11.8 Å². The van der Waals surface area contributed by atoms with Crippen LogP contribution in [0.4, 0.5) is 5.69 Å². The summed E-state index contributed by atoms with van der Waals surface area (Å²) in [5.41, 5.74) is 2.20. The summed E-state index contributed by atoms with van der Waals surface area (Å²) < 4.78 is 0. The van der Waals surface area contributed by atoms with Crippen LogP contribution >= 0.6 is 0 Å². The van der Waals surface area contributed by atoms with Gasteiger partial charge < -0.3 is 10.2 Å². The van der Waals surface area contributed by atoms with Crippen LogP contribution in [0, 0.1) is 5.92 Å². The number of nitrogens with zero attached hydrogens (tertiary/aromatic N) is 1. The maximum Gasteiger partial charge on any atom is 0.228 e. The predicted octanol–water partition coefficient (Wildman–Crippen LogP) is 2.53. The van der Waals surface area contributed by atoms with Crippen LogP contribution < -0.4 is 5.32 Å². The number of carbonyl (C=O) groups excluding carboxylic acids is 1. The van der Waals surface area contributed by atoms with Gasteiger partial charge in [0.05, 0.1) is 5.92 Å². The minimum Gasteiger partial charge on any atom is -0.326 e. The number of likely N-dealkylation sites (tertiary alicyclic amines) is 1. The van der Waals surface area contributed by atoms with Crippen molar-refractivity contribution >= 4 is 11.6 Å². The van der Waals surface area contributed by atoms with E-state index in [0.717, 1.165) is 38.0 Å². The van der Waals surface area contributed by atoms with E-state index < -0.39 is 0 Å². The molecule has 3 nitrogen and oxygen atoms in total. The molecule has 1 heterocycles. The van der Waals surface area contributed by atoms with Crippen molar-refractivity contribution in [1.82, 2.24) is 4.90 Å². The Balaban J connectivity index is 1.93. The van der Waals surface area contributed by atoms with Gasteiger partial charge in [-0.05, 0) is 50.6 Å². The van der Waals surface area contributed by atoms with E-state index in [1.807, 2.05) is 12.1 Å². The van der Waals surface area contributed by atoms with Crippen LogP contribution in [0.1, 0.15) is 25.3 Å². The number of piperidine rings is 1. The molecule has 1 aromatic carbocycles. The fourth-order valence-corrected chi connectivity index (χ4v) is 2.45. The zero-order chi connectivity index (χ0) is 13.0. The Morgan fingerprint density at radius 3 is 2.72 bits per heavy atom. The molecule has 0 aliphatic carbocycles. The van der Waals surface area contributed by atoms with Crippen molar-refractivity contribution in [2.24, 2.45) is 5.92 Å². The summed E-state index contributed by atoms with van der Waals surface area (Å²) in [5.74, 6) is 0.292. The highest BCUT2D eigenvalue weighted by atomic mass is 16.1. The van der Waals surface area contributed by atoms with E-state index in [4.69, 9.17) is 0 Å². The van der Waals surface area contributed by atoms with Crippen LogP contribution in [-0.2, 0) is 11.2 Å². The standard InChI is InChI=1S/C15H22N2O/c1-3-12-6-8-14(9-7-12)16-15(18)13-5-4-10-17(2)11-13/h6-9,13H,3-5,10-11H2,1-2H3,(H,16,18)/t13-/m1/s1. The summed E-state index contributed by atoms with van der Waals surface area (Å²) in [6.07, 6.45) is 3.15. The Hall–Kier alpha value is -1.35. The Morgan fingerprint density at radius 1 is 1.39 bits per heavy atom. The first-order valence-electron chi connectivity index (χ1n) is 6.77. The maximum atomic E-state index is 12.1. The molecule has 0 spiro atoms. The van der Waals surface area contributed by atoms with Crippen LogP contribution in [0.25, 0.3) is 0 Å². The van der Waals surface area contributed by atoms with Crippen molar-refractivity contribution in [3.63, 3.8) is 0 Å². The van der Waals surface area contributed by atoms with Crippen LogP contribution in [0.3, 0.4) is 0 Å². The average molecular weight is 246 g/mol. The second-order valence-corrected chi connectivity index (χ2v) is 5.14. The van der Waals surface area contributed by atoms with E-state index in [1.54, 1.807) is 0 Å². The third-order valence-corrected chi connectivity index (χ3v) is 3.62. The highest BCUT2D eigenvalue weighted by Crippen LogP contribution is 2.18. The van der Waals surface area contributed by atoms with Gasteiger partial charge in [0, 0.05) is 12.2 Å². The van der Waals surface area contributed by atoms with E-state index in [1.165, 1.54) is 5.56 Å². The number of aryl methyl sites for hydroxylation is 1. The number of hydrogen-bond acceptors (Lipinski definition) is 2. The van der Waals surface area contributed by atoms with Crippen molar-refractivity contribution < 1.29 is 4.79 Å². The fraction of sp³-hybridized carbons (Fsp3) is 0.533. The summed E-state index contributed by atoms with van der Waals surface area (Å²) in [6, 6.07) is 8.12. The first-order chi connectivity index (χ1) is 8.69. The Kier molecular flexibility index (Phi) is 4.37. The van der Waals surface area contributed by atoms with Crippen molar-refractivity contribution in [3.05, 3.63) is 29.8 Å². The van der Waals surface area contributed by atoms with Gasteiger partial charge in [0.25, 0.3) is 0 Å². The van der Waals surface area contributed by atoms with Gasteiger partial charge in [0.2, 0.25) is 5.91 Å². The molecule has 1 amide bonds. The van der Waals surface area contributed by atoms with Gasteiger partial charge in [-0.2, -0.15) is 0 Å². The Bertz CT molecular complexity index is 399. The van der Waals surface area contributed by atoms with Crippen molar-refractivity contribution in [2.75, 3.05) is 25.5 Å². The van der Waals surface area contributed by atoms with Crippen molar-refractivity contribution in [2.45, 2.75) is 26.2 Å². The molecule has 0 radical (unpaired) electrons. The van der Waals surface area contributed by atoms with Crippen LogP contribution in [0.5, 0.6) is 0 Å². The molecular formula is C15H22N2O. The molecule has 1 atom stereocenters. The molecule has 1 aromatic rings. The molecule has 1 aliphatic heterocycles. The number of anilines is 1. The molecular weight excluding hydrogens is 224 g/mol. The third-order valence-electron chi connectivity index (χ3n) is 3.62. The molecule has 1 aliphatic rings. The van der Waals surface area contributed by atoms with E-state index in [0.29, 0.717) is 0 Å². The molecule has 0 unspecified atom stereocenters. The number of rotatable bonds is 3. The topological polar surface area (TPSA) is 32.3 Å².